The van der Waals surface area contributed by atoms with Crippen LogP contribution in [0.2, 0.25) is 0 Å². The molecule has 1 aromatic heterocycles. The summed E-state index contributed by atoms with van der Waals surface area (Å²) < 4.78 is 5.43. The molecule has 0 aliphatic carbocycles. The molecule has 0 spiro atoms. The molecule has 17 heavy (non-hydrogen) atoms. The van der Waals surface area contributed by atoms with E-state index in [2.05, 4.69) is 16.7 Å². The van der Waals surface area contributed by atoms with Crippen molar-refractivity contribution in [1.29, 1.82) is 0 Å². The summed E-state index contributed by atoms with van der Waals surface area (Å²) in [6, 6.07) is 4.01. The minimum atomic E-state index is -0.0999. The van der Waals surface area contributed by atoms with E-state index in [9.17, 15) is 4.79 Å². The van der Waals surface area contributed by atoms with Gasteiger partial charge in [0.1, 0.15) is 0 Å². The van der Waals surface area contributed by atoms with Gasteiger partial charge in [-0.05, 0) is 30.7 Å². The number of thiophene rings is 1. The van der Waals surface area contributed by atoms with Gasteiger partial charge in [-0.1, -0.05) is 6.07 Å². The maximum atomic E-state index is 11.5. The zero-order valence-corrected chi connectivity index (χ0v) is 10.6. The summed E-state index contributed by atoms with van der Waals surface area (Å²) in [5, 5.41) is 7.73. The van der Waals surface area contributed by atoms with Gasteiger partial charge >= 0.3 is 6.03 Å². The van der Waals surface area contributed by atoms with Crippen molar-refractivity contribution in [2.24, 2.45) is 0 Å². The van der Waals surface area contributed by atoms with Crippen LogP contribution in [0.5, 0.6) is 0 Å². The average molecular weight is 254 g/mol. The second-order valence-electron chi connectivity index (χ2n) is 4.10. The number of hydrogen-bond acceptors (Lipinski definition) is 3. The molecule has 2 N–H and O–H groups in total. The highest BCUT2D eigenvalue weighted by Gasteiger charge is 2.15. The van der Waals surface area contributed by atoms with E-state index in [1.807, 2.05) is 11.4 Å². The molecule has 1 aliphatic rings. The summed E-state index contributed by atoms with van der Waals surface area (Å²) in [6.07, 6.45) is 3.25. The zero-order chi connectivity index (χ0) is 11.9. The fourth-order valence-corrected chi connectivity index (χ4v) is 2.54. The summed E-state index contributed by atoms with van der Waals surface area (Å²) in [5.74, 6) is 0. The Bertz CT molecular complexity index is 334. The van der Waals surface area contributed by atoms with Crippen LogP contribution in [-0.2, 0) is 11.2 Å². The van der Waals surface area contributed by atoms with Crippen LogP contribution in [0.4, 0.5) is 4.79 Å². The number of carbonyl (C=O) groups is 1. The Morgan fingerprint density at radius 3 is 3.18 bits per heavy atom. The predicted molar refractivity (Wildman–Crippen MR) is 68.4 cm³/mol. The molecule has 2 amide bonds. The van der Waals surface area contributed by atoms with Gasteiger partial charge in [-0.25, -0.2) is 4.79 Å². The van der Waals surface area contributed by atoms with Crippen molar-refractivity contribution in [2.75, 3.05) is 19.7 Å². The van der Waals surface area contributed by atoms with Crippen LogP contribution >= 0.6 is 11.3 Å². The van der Waals surface area contributed by atoms with Crippen LogP contribution in [0.25, 0.3) is 0 Å². The molecule has 1 atom stereocenters. The van der Waals surface area contributed by atoms with Crippen LogP contribution in [0, 0.1) is 0 Å². The van der Waals surface area contributed by atoms with Crippen molar-refractivity contribution in [2.45, 2.75) is 25.4 Å². The van der Waals surface area contributed by atoms with E-state index in [-0.39, 0.29) is 12.1 Å². The van der Waals surface area contributed by atoms with Crippen molar-refractivity contribution in [3.63, 3.8) is 0 Å². The summed E-state index contributed by atoms with van der Waals surface area (Å²) in [6.45, 7) is 2.12. The molecule has 94 valence electrons. The lowest BCUT2D eigenvalue weighted by molar-refractivity contribution is 0.111. The molecule has 0 saturated carbocycles. The third kappa shape index (κ3) is 4.36. The maximum Gasteiger partial charge on any atom is 0.314 e. The first-order valence-electron chi connectivity index (χ1n) is 6.00. The summed E-state index contributed by atoms with van der Waals surface area (Å²) in [5.41, 5.74) is 0. The molecule has 2 rings (SSSR count). The standard InChI is InChI=1S/C12H18N2O2S/c15-12(14-9-10-3-1-7-16-10)13-6-5-11-4-2-8-17-11/h2,4,8,10H,1,3,5-7,9H2,(H2,13,14,15)/t10-/m0/s1. The first-order valence-corrected chi connectivity index (χ1v) is 6.88. The number of rotatable bonds is 5. The lowest BCUT2D eigenvalue weighted by atomic mass is 10.2. The Kier molecular flexibility index (Phi) is 4.82. The number of urea groups is 1. The largest absolute Gasteiger partial charge is 0.376 e. The van der Waals surface area contributed by atoms with Gasteiger partial charge in [0.2, 0.25) is 0 Å². The highest BCUT2D eigenvalue weighted by Crippen LogP contribution is 2.10. The van der Waals surface area contributed by atoms with Gasteiger partial charge in [0.15, 0.2) is 0 Å². The van der Waals surface area contributed by atoms with E-state index in [4.69, 9.17) is 4.74 Å². The Morgan fingerprint density at radius 2 is 2.47 bits per heavy atom. The van der Waals surface area contributed by atoms with Gasteiger partial charge in [0, 0.05) is 24.6 Å². The second-order valence-corrected chi connectivity index (χ2v) is 5.13. The van der Waals surface area contributed by atoms with Crippen molar-refractivity contribution >= 4 is 17.4 Å². The van der Waals surface area contributed by atoms with Crippen LogP contribution in [0.3, 0.4) is 0 Å². The van der Waals surface area contributed by atoms with Gasteiger partial charge in [-0.3, -0.25) is 0 Å². The minimum Gasteiger partial charge on any atom is -0.376 e. The van der Waals surface area contributed by atoms with E-state index in [1.165, 1.54) is 4.88 Å². The smallest absolute Gasteiger partial charge is 0.314 e. The molecule has 1 aliphatic heterocycles. The van der Waals surface area contributed by atoms with Crippen LogP contribution in [-0.4, -0.2) is 31.8 Å². The highest BCUT2D eigenvalue weighted by molar-refractivity contribution is 7.09. The highest BCUT2D eigenvalue weighted by atomic mass is 32.1. The first-order chi connectivity index (χ1) is 8.34. The van der Waals surface area contributed by atoms with Gasteiger partial charge in [-0.2, -0.15) is 0 Å². The molecule has 0 unspecified atom stereocenters. The van der Waals surface area contributed by atoms with Crippen molar-refractivity contribution < 1.29 is 9.53 Å². The fraction of sp³-hybridized carbons (Fsp3) is 0.583. The molecular weight excluding hydrogens is 236 g/mol. The summed E-state index contributed by atoms with van der Waals surface area (Å²) >= 11 is 1.72. The van der Waals surface area contributed by atoms with E-state index < -0.39 is 0 Å². The molecule has 1 fully saturated rings. The van der Waals surface area contributed by atoms with Crippen LogP contribution in [0.1, 0.15) is 17.7 Å². The zero-order valence-electron chi connectivity index (χ0n) is 9.78. The van der Waals surface area contributed by atoms with E-state index >= 15 is 0 Å². The molecule has 1 saturated heterocycles. The Labute approximate surface area is 105 Å². The van der Waals surface area contributed by atoms with Crippen LogP contribution in [0.15, 0.2) is 17.5 Å². The van der Waals surface area contributed by atoms with Crippen molar-refractivity contribution in [3.05, 3.63) is 22.4 Å². The summed E-state index contributed by atoms with van der Waals surface area (Å²) in [4.78, 5) is 12.7. The SMILES string of the molecule is O=C(NCCc1cccs1)NC[C@@H]1CCCO1. The Hall–Kier alpha value is -1.07. The number of ether oxygens (including phenoxy) is 1. The molecule has 0 radical (unpaired) electrons. The third-order valence-electron chi connectivity index (χ3n) is 2.75. The molecule has 0 bridgehead atoms. The van der Waals surface area contributed by atoms with E-state index in [0.717, 1.165) is 25.9 Å². The Morgan fingerprint density at radius 1 is 1.53 bits per heavy atom. The van der Waals surface area contributed by atoms with E-state index in [0.29, 0.717) is 13.1 Å². The quantitative estimate of drug-likeness (QED) is 0.841. The number of hydrogen-bond donors (Lipinski definition) is 2. The third-order valence-corrected chi connectivity index (χ3v) is 3.69. The first kappa shape index (κ1) is 12.4. The van der Waals surface area contributed by atoms with Gasteiger partial charge < -0.3 is 15.4 Å². The van der Waals surface area contributed by atoms with E-state index in [1.54, 1.807) is 11.3 Å². The van der Waals surface area contributed by atoms with Gasteiger partial charge in [0.05, 0.1) is 6.10 Å². The minimum absolute atomic E-state index is 0.0999. The molecular formula is C12H18N2O2S. The fourth-order valence-electron chi connectivity index (χ4n) is 1.83. The predicted octanol–water partition coefficient (Wildman–Crippen LogP) is 1.77. The van der Waals surface area contributed by atoms with Crippen LogP contribution < -0.4 is 10.6 Å². The second kappa shape index (κ2) is 6.61. The van der Waals surface area contributed by atoms with Gasteiger partial charge in [-0.15, -0.1) is 11.3 Å². The van der Waals surface area contributed by atoms with Crippen molar-refractivity contribution in [1.82, 2.24) is 10.6 Å². The lowest BCUT2D eigenvalue weighted by Crippen LogP contribution is -2.40. The number of amides is 2. The maximum absolute atomic E-state index is 11.5. The lowest BCUT2D eigenvalue weighted by Gasteiger charge is -2.11. The topological polar surface area (TPSA) is 50.4 Å². The summed E-state index contributed by atoms with van der Waals surface area (Å²) in [7, 11) is 0. The monoisotopic (exact) mass is 254 g/mol. The number of carbonyl (C=O) groups excluding carboxylic acids is 1. The molecule has 5 heteroatoms. The normalized spacial score (nSPS) is 19.2. The Balaban J connectivity index is 1.54. The molecule has 2 heterocycles. The number of nitrogens with one attached hydrogen (secondary N) is 2. The molecule has 4 nitrogen and oxygen atoms in total. The van der Waals surface area contributed by atoms with Gasteiger partial charge in [0.25, 0.3) is 0 Å². The molecule has 0 aromatic carbocycles. The molecule has 1 aromatic rings. The van der Waals surface area contributed by atoms with Crippen molar-refractivity contribution in [3.8, 4) is 0 Å². The average Bonchev–Trinajstić information content (AvgIpc) is 2.99.